The lowest BCUT2D eigenvalue weighted by atomic mass is 10.2. The molecule has 0 spiro atoms. The minimum atomic E-state index is -4.76. The number of halogens is 3. The standard InChI is InChI=1S/C23H25F3N4O3S/c1-28(16-17-7-3-2-4-8-17)21(31)11-14-30-20-10-9-18(34(32,33)29-12-5-6-13-29)15-19(20)27-22(30)23(24,25)26/h2-4,7-10,15H,5-6,11-14,16H2,1H3. The second-order valence-electron chi connectivity index (χ2n) is 8.33. The van der Waals surface area contributed by atoms with Crippen LogP contribution < -0.4 is 0 Å². The van der Waals surface area contributed by atoms with Crippen molar-refractivity contribution >= 4 is 27.0 Å². The molecule has 34 heavy (non-hydrogen) atoms. The zero-order valence-corrected chi connectivity index (χ0v) is 19.4. The second-order valence-corrected chi connectivity index (χ2v) is 10.3. The predicted octanol–water partition coefficient (Wildman–Crippen LogP) is 3.89. The fraction of sp³-hybridized carbons (Fsp3) is 0.391. The minimum Gasteiger partial charge on any atom is -0.341 e. The highest BCUT2D eigenvalue weighted by molar-refractivity contribution is 7.89. The van der Waals surface area contributed by atoms with Crippen LogP contribution in [0, 0.1) is 0 Å². The first-order valence-electron chi connectivity index (χ1n) is 10.9. The van der Waals surface area contributed by atoms with Crippen LogP contribution in [0.5, 0.6) is 0 Å². The number of benzene rings is 2. The van der Waals surface area contributed by atoms with Crippen molar-refractivity contribution in [3.05, 3.63) is 59.9 Å². The van der Waals surface area contributed by atoms with E-state index >= 15 is 0 Å². The Balaban J connectivity index is 1.59. The second kappa shape index (κ2) is 9.38. The van der Waals surface area contributed by atoms with E-state index in [1.807, 2.05) is 30.3 Å². The van der Waals surface area contributed by atoms with Crippen molar-refractivity contribution in [2.75, 3.05) is 20.1 Å². The number of hydrogen-bond donors (Lipinski definition) is 0. The van der Waals surface area contributed by atoms with Crippen LogP contribution in [0.3, 0.4) is 0 Å². The van der Waals surface area contributed by atoms with Crippen LogP contribution in [-0.4, -0.2) is 53.2 Å². The van der Waals surface area contributed by atoms with Crippen molar-refractivity contribution in [1.82, 2.24) is 18.8 Å². The van der Waals surface area contributed by atoms with Crippen molar-refractivity contribution in [2.45, 2.75) is 43.4 Å². The van der Waals surface area contributed by atoms with E-state index in [-0.39, 0.29) is 34.8 Å². The number of aromatic nitrogens is 2. The minimum absolute atomic E-state index is 0.0716. The van der Waals surface area contributed by atoms with Gasteiger partial charge in [0.2, 0.25) is 21.8 Å². The average molecular weight is 495 g/mol. The Morgan fingerprint density at radius 3 is 2.41 bits per heavy atom. The Morgan fingerprint density at radius 2 is 1.76 bits per heavy atom. The number of fused-ring (bicyclic) bond motifs is 1. The van der Waals surface area contributed by atoms with Crippen LogP contribution in [0.2, 0.25) is 0 Å². The highest BCUT2D eigenvalue weighted by Crippen LogP contribution is 2.33. The lowest BCUT2D eigenvalue weighted by molar-refractivity contribution is -0.147. The normalized spacial score (nSPS) is 15.2. The van der Waals surface area contributed by atoms with Gasteiger partial charge in [0, 0.05) is 39.6 Å². The number of rotatable bonds is 7. The average Bonchev–Trinajstić information content (AvgIpc) is 3.46. The van der Waals surface area contributed by atoms with Crippen LogP contribution in [0.4, 0.5) is 13.2 Å². The number of alkyl halides is 3. The summed E-state index contributed by atoms with van der Waals surface area (Å²) < 4.78 is 69.1. The fourth-order valence-corrected chi connectivity index (χ4v) is 5.67. The van der Waals surface area contributed by atoms with E-state index in [4.69, 9.17) is 0 Å². The SMILES string of the molecule is CN(Cc1ccccc1)C(=O)CCn1c(C(F)(F)F)nc2cc(S(=O)(=O)N3CCCC3)ccc21. The van der Waals surface area contributed by atoms with Gasteiger partial charge in [-0.15, -0.1) is 0 Å². The molecule has 1 aliphatic rings. The Hall–Kier alpha value is -2.92. The zero-order chi connectivity index (χ0) is 24.5. The maximum atomic E-state index is 13.7. The van der Waals surface area contributed by atoms with Gasteiger partial charge >= 0.3 is 6.18 Å². The molecule has 1 aromatic heterocycles. The molecule has 0 saturated carbocycles. The van der Waals surface area contributed by atoms with Crippen LogP contribution >= 0.6 is 0 Å². The zero-order valence-electron chi connectivity index (χ0n) is 18.6. The number of nitrogens with zero attached hydrogens (tertiary/aromatic N) is 4. The summed E-state index contributed by atoms with van der Waals surface area (Å²) in [4.78, 5) is 17.7. The van der Waals surface area contributed by atoms with Gasteiger partial charge in [-0.25, -0.2) is 13.4 Å². The molecule has 1 aliphatic heterocycles. The molecule has 7 nitrogen and oxygen atoms in total. The van der Waals surface area contributed by atoms with Gasteiger partial charge in [-0.1, -0.05) is 30.3 Å². The summed E-state index contributed by atoms with van der Waals surface area (Å²) in [6.07, 6.45) is -3.42. The monoisotopic (exact) mass is 494 g/mol. The number of imidazole rings is 1. The maximum Gasteiger partial charge on any atom is 0.449 e. The van der Waals surface area contributed by atoms with E-state index in [1.165, 1.54) is 27.4 Å². The van der Waals surface area contributed by atoms with Crippen LogP contribution in [-0.2, 0) is 34.1 Å². The van der Waals surface area contributed by atoms with Gasteiger partial charge in [0.15, 0.2) is 0 Å². The van der Waals surface area contributed by atoms with Crippen molar-refractivity contribution in [1.29, 1.82) is 0 Å². The third-order valence-corrected chi connectivity index (χ3v) is 7.81. The molecule has 1 fully saturated rings. The summed E-state index contributed by atoms with van der Waals surface area (Å²) in [5.74, 6) is -1.47. The molecule has 3 aromatic rings. The fourth-order valence-electron chi connectivity index (χ4n) is 4.13. The first-order valence-corrected chi connectivity index (χ1v) is 12.4. The summed E-state index contributed by atoms with van der Waals surface area (Å²) in [7, 11) is -2.20. The molecule has 0 atom stereocenters. The van der Waals surface area contributed by atoms with Crippen molar-refractivity contribution < 1.29 is 26.4 Å². The molecular weight excluding hydrogens is 469 g/mol. The molecule has 2 heterocycles. The van der Waals surface area contributed by atoms with Gasteiger partial charge < -0.3 is 9.47 Å². The van der Waals surface area contributed by atoms with Gasteiger partial charge in [0.1, 0.15) is 0 Å². The molecular formula is C23H25F3N4O3S. The number of aryl methyl sites for hydroxylation is 1. The summed E-state index contributed by atoms with van der Waals surface area (Å²) in [5, 5.41) is 0. The molecule has 11 heteroatoms. The van der Waals surface area contributed by atoms with E-state index in [1.54, 1.807) is 7.05 Å². The van der Waals surface area contributed by atoms with Crippen LogP contribution in [0.1, 0.15) is 30.7 Å². The topological polar surface area (TPSA) is 75.5 Å². The summed E-state index contributed by atoms with van der Waals surface area (Å²) >= 11 is 0. The first-order chi connectivity index (χ1) is 16.1. The van der Waals surface area contributed by atoms with E-state index in [2.05, 4.69) is 4.98 Å². The highest BCUT2D eigenvalue weighted by Gasteiger charge is 2.38. The molecule has 0 bridgehead atoms. The third-order valence-electron chi connectivity index (χ3n) is 5.91. The lowest BCUT2D eigenvalue weighted by Gasteiger charge is -2.18. The van der Waals surface area contributed by atoms with E-state index in [0.717, 1.165) is 23.0 Å². The Labute approximate surface area is 195 Å². The number of carbonyl (C=O) groups is 1. The van der Waals surface area contributed by atoms with Crippen molar-refractivity contribution in [2.24, 2.45) is 0 Å². The molecule has 0 aliphatic carbocycles. The Morgan fingerprint density at radius 1 is 1.09 bits per heavy atom. The summed E-state index contributed by atoms with van der Waals surface area (Å²) in [6.45, 7) is 0.887. The first kappa shape index (κ1) is 24.2. The Kier molecular flexibility index (Phi) is 6.68. The van der Waals surface area contributed by atoms with E-state index in [0.29, 0.717) is 19.6 Å². The summed E-state index contributed by atoms with van der Waals surface area (Å²) in [6, 6.07) is 13.1. The van der Waals surface area contributed by atoms with Crippen LogP contribution in [0.15, 0.2) is 53.4 Å². The van der Waals surface area contributed by atoms with Gasteiger partial charge in [-0.05, 0) is 36.6 Å². The quantitative estimate of drug-likeness (QED) is 0.500. The van der Waals surface area contributed by atoms with Gasteiger partial charge in [-0.3, -0.25) is 4.79 Å². The smallest absolute Gasteiger partial charge is 0.341 e. The molecule has 1 amide bonds. The Bertz CT molecular complexity index is 1280. The third kappa shape index (κ3) is 4.95. The van der Waals surface area contributed by atoms with Gasteiger partial charge in [0.05, 0.1) is 15.9 Å². The molecule has 0 radical (unpaired) electrons. The van der Waals surface area contributed by atoms with Crippen molar-refractivity contribution in [3.63, 3.8) is 0 Å². The van der Waals surface area contributed by atoms with Gasteiger partial charge in [0.25, 0.3) is 0 Å². The summed E-state index contributed by atoms with van der Waals surface area (Å²) in [5.41, 5.74) is 0.970. The maximum absolute atomic E-state index is 13.7. The van der Waals surface area contributed by atoms with Crippen LogP contribution in [0.25, 0.3) is 11.0 Å². The number of amides is 1. The largest absolute Gasteiger partial charge is 0.449 e. The van der Waals surface area contributed by atoms with E-state index in [9.17, 15) is 26.4 Å². The number of hydrogen-bond acceptors (Lipinski definition) is 4. The molecule has 182 valence electrons. The molecule has 0 N–H and O–H groups in total. The predicted molar refractivity (Wildman–Crippen MR) is 120 cm³/mol. The number of sulfonamides is 1. The van der Waals surface area contributed by atoms with E-state index < -0.39 is 22.0 Å². The molecule has 4 rings (SSSR count). The lowest BCUT2D eigenvalue weighted by Crippen LogP contribution is -2.28. The molecule has 2 aromatic carbocycles. The highest BCUT2D eigenvalue weighted by atomic mass is 32.2. The molecule has 0 unspecified atom stereocenters. The molecule has 1 saturated heterocycles. The van der Waals surface area contributed by atoms with Gasteiger partial charge in [-0.2, -0.15) is 17.5 Å². The number of carbonyl (C=O) groups excluding carboxylic acids is 1. The van der Waals surface area contributed by atoms with Crippen molar-refractivity contribution in [3.8, 4) is 0 Å².